The van der Waals surface area contributed by atoms with Gasteiger partial charge in [0, 0.05) is 0 Å². The van der Waals surface area contributed by atoms with Crippen molar-refractivity contribution in [3.8, 4) is 12.3 Å². The molecule has 0 spiro atoms. The van der Waals surface area contributed by atoms with Crippen molar-refractivity contribution in [3.05, 3.63) is 0 Å². The summed E-state index contributed by atoms with van der Waals surface area (Å²) in [5.74, 6) is 2.00. The number of hydrogen-bond acceptors (Lipinski definition) is 2. The fourth-order valence-corrected chi connectivity index (χ4v) is 0.322. The lowest BCUT2D eigenvalue weighted by atomic mass is 10.7. The van der Waals surface area contributed by atoms with Gasteiger partial charge in [-0.15, -0.1) is 6.42 Å². The van der Waals surface area contributed by atoms with E-state index in [1.54, 1.807) is 0 Å². The second kappa shape index (κ2) is 4.49. The molecule has 0 unspecified atom stereocenters. The number of amides is 1. The molecule has 3 nitrogen and oxygen atoms in total. The highest BCUT2D eigenvalue weighted by Crippen LogP contribution is 2.14. The average Bonchev–Trinajstić information content (AvgIpc) is 1.95. The number of hydrogen-bond donors (Lipinski definition) is 1. The Bertz CT molecular complexity index is 194. The molecule has 0 radical (unpaired) electrons. The Hall–Kier alpha value is -1.38. The molecule has 0 aliphatic carbocycles. The van der Waals surface area contributed by atoms with Crippen LogP contribution in [0.2, 0.25) is 0 Å². The van der Waals surface area contributed by atoms with Crippen LogP contribution in [0.4, 0.5) is 18.0 Å². The van der Waals surface area contributed by atoms with Gasteiger partial charge in [-0.05, 0) is 0 Å². The largest absolute Gasteiger partial charge is 0.440 e. The third kappa shape index (κ3) is 6.74. The van der Waals surface area contributed by atoms with E-state index in [4.69, 9.17) is 6.42 Å². The molecule has 0 aromatic carbocycles. The third-order valence-corrected chi connectivity index (χ3v) is 0.702. The number of rotatable bonds is 2. The summed E-state index contributed by atoms with van der Waals surface area (Å²) in [4.78, 5) is 10.3. The lowest BCUT2D eigenvalue weighted by Gasteiger charge is -2.06. The first kappa shape index (κ1) is 10.6. The van der Waals surface area contributed by atoms with Crippen LogP contribution in [0, 0.1) is 12.3 Å². The van der Waals surface area contributed by atoms with E-state index in [9.17, 15) is 18.0 Å². The number of alkyl carbamates (subject to hydrolysis) is 1. The first-order chi connectivity index (χ1) is 5.45. The van der Waals surface area contributed by atoms with Gasteiger partial charge in [0.2, 0.25) is 0 Å². The fraction of sp³-hybridized carbons (Fsp3) is 0.500. The van der Waals surface area contributed by atoms with Crippen molar-refractivity contribution >= 4 is 6.09 Å². The molecular formula is C6H6F3NO2. The van der Waals surface area contributed by atoms with Gasteiger partial charge in [0.15, 0.2) is 6.61 Å². The second-order valence-electron chi connectivity index (χ2n) is 1.75. The van der Waals surface area contributed by atoms with E-state index in [0.29, 0.717) is 0 Å². The minimum atomic E-state index is -4.51. The van der Waals surface area contributed by atoms with Gasteiger partial charge in [-0.3, -0.25) is 0 Å². The minimum absolute atomic E-state index is 0.156. The van der Waals surface area contributed by atoms with Gasteiger partial charge < -0.3 is 10.1 Å². The monoisotopic (exact) mass is 181 g/mol. The van der Waals surface area contributed by atoms with Crippen molar-refractivity contribution < 1.29 is 22.7 Å². The number of carbonyl (C=O) groups is 1. The van der Waals surface area contributed by atoms with Gasteiger partial charge in [0.25, 0.3) is 0 Å². The van der Waals surface area contributed by atoms with Gasteiger partial charge >= 0.3 is 12.3 Å². The summed E-state index contributed by atoms with van der Waals surface area (Å²) in [7, 11) is 0. The maximum absolute atomic E-state index is 11.4. The maximum Gasteiger partial charge on any atom is 0.422 e. The normalized spacial score (nSPS) is 10.2. The Kier molecular flexibility index (Phi) is 3.97. The van der Waals surface area contributed by atoms with Crippen molar-refractivity contribution in [3.63, 3.8) is 0 Å². The standard InChI is InChI=1S/C6H6F3NO2/c1-2-3-10-5(11)12-4-6(7,8)9/h1H,3-4H2,(H,10,11). The molecule has 0 aliphatic heterocycles. The number of halogens is 3. The van der Waals surface area contributed by atoms with Gasteiger partial charge in [-0.1, -0.05) is 5.92 Å². The number of carbonyl (C=O) groups excluding carboxylic acids is 1. The number of terminal acetylenes is 1. The molecule has 0 aromatic rings. The maximum atomic E-state index is 11.4. The third-order valence-electron chi connectivity index (χ3n) is 0.702. The smallest absolute Gasteiger partial charge is 0.422 e. The lowest BCUT2D eigenvalue weighted by Crippen LogP contribution is -2.29. The highest BCUT2D eigenvalue weighted by Gasteiger charge is 2.29. The SMILES string of the molecule is C#CCNC(=O)OCC(F)(F)F. The molecule has 0 saturated heterocycles. The van der Waals surface area contributed by atoms with Crippen LogP contribution in [0.25, 0.3) is 0 Å². The van der Waals surface area contributed by atoms with E-state index in [2.05, 4.69) is 4.74 Å². The van der Waals surface area contributed by atoms with Gasteiger partial charge in [-0.2, -0.15) is 13.2 Å². The summed E-state index contributed by atoms with van der Waals surface area (Å²) in [6, 6.07) is 0. The summed E-state index contributed by atoms with van der Waals surface area (Å²) >= 11 is 0. The van der Waals surface area contributed by atoms with Gasteiger partial charge in [0.1, 0.15) is 0 Å². The molecule has 6 heteroatoms. The molecule has 0 aromatic heterocycles. The predicted molar refractivity (Wildman–Crippen MR) is 34.2 cm³/mol. The summed E-state index contributed by atoms with van der Waals surface area (Å²) in [5.41, 5.74) is 0. The van der Waals surface area contributed by atoms with E-state index < -0.39 is 18.9 Å². The van der Waals surface area contributed by atoms with Crippen LogP contribution < -0.4 is 5.32 Å². The molecule has 0 bridgehead atoms. The summed E-state index contributed by atoms with van der Waals surface area (Å²) in [6.45, 7) is -1.76. The van der Waals surface area contributed by atoms with Crippen LogP contribution in [-0.2, 0) is 4.74 Å². The summed E-state index contributed by atoms with van der Waals surface area (Å²) in [6.07, 6.45) is -0.966. The zero-order valence-corrected chi connectivity index (χ0v) is 5.94. The molecule has 0 rings (SSSR count). The molecule has 68 valence electrons. The first-order valence-corrected chi connectivity index (χ1v) is 2.86. The molecule has 1 amide bonds. The van der Waals surface area contributed by atoms with Crippen molar-refractivity contribution in [2.75, 3.05) is 13.2 Å². The Morgan fingerprint density at radius 2 is 2.17 bits per heavy atom. The summed E-state index contributed by atoms with van der Waals surface area (Å²) < 4.78 is 37.9. The zero-order valence-electron chi connectivity index (χ0n) is 5.94. The topological polar surface area (TPSA) is 38.3 Å². The molecule has 0 heterocycles. The molecule has 0 atom stereocenters. The highest BCUT2D eigenvalue weighted by molar-refractivity contribution is 5.67. The van der Waals surface area contributed by atoms with E-state index >= 15 is 0 Å². The molecular weight excluding hydrogens is 175 g/mol. The molecule has 1 N–H and O–H groups in total. The minimum Gasteiger partial charge on any atom is -0.440 e. The summed E-state index contributed by atoms with van der Waals surface area (Å²) in [5, 5.41) is 1.91. The van der Waals surface area contributed by atoms with Crippen LogP contribution >= 0.6 is 0 Å². The van der Waals surface area contributed by atoms with Gasteiger partial charge in [0.05, 0.1) is 6.54 Å². The van der Waals surface area contributed by atoms with Crippen molar-refractivity contribution in [2.24, 2.45) is 0 Å². The zero-order chi connectivity index (χ0) is 9.61. The van der Waals surface area contributed by atoms with Crippen LogP contribution in [0.5, 0.6) is 0 Å². The Labute approximate surface area is 66.9 Å². The fourth-order valence-electron chi connectivity index (χ4n) is 0.322. The van der Waals surface area contributed by atoms with Crippen LogP contribution in [-0.4, -0.2) is 25.4 Å². The van der Waals surface area contributed by atoms with Crippen LogP contribution in [0.3, 0.4) is 0 Å². The Balaban J connectivity index is 3.53. The predicted octanol–water partition coefficient (Wildman–Crippen LogP) is 0.908. The number of ether oxygens (including phenoxy) is 1. The van der Waals surface area contributed by atoms with Crippen LogP contribution in [0.15, 0.2) is 0 Å². The number of alkyl halides is 3. The van der Waals surface area contributed by atoms with E-state index in [1.165, 1.54) is 0 Å². The van der Waals surface area contributed by atoms with E-state index in [-0.39, 0.29) is 6.54 Å². The van der Waals surface area contributed by atoms with Crippen molar-refractivity contribution in [1.29, 1.82) is 0 Å². The quantitative estimate of drug-likeness (QED) is 0.643. The van der Waals surface area contributed by atoms with Crippen molar-refractivity contribution in [1.82, 2.24) is 5.32 Å². The highest BCUT2D eigenvalue weighted by atomic mass is 19.4. The molecule has 0 aliphatic rings. The molecule has 0 fully saturated rings. The van der Waals surface area contributed by atoms with Crippen LogP contribution in [0.1, 0.15) is 0 Å². The van der Waals surface area contributed by atoms with Gasteiger partial charge in [-0.25, -0.2) is 4.79 Å². The van der Waals surface area contributed by atoms with E-state index in [0.717, 1.165) is 0 Å². The average molecular weight is 181 g/mol. The molecule has 12 heavy (non-hydrogen) atoms. The number of nitrogens with one attached hydrogen (secondary N) is 1. The first-order valence-electron chi connectivity index (χ1n) is 2.86. The van der Waals surface area contributed by atoms with Crippen molar-refractivity contribution in [2.45, 2.75) is 6.18 Å². The van der Waals surface area contributed by atoms with E-state index in [1.807, 2.05) is 11.2 Å². The Morgan fingerprint density at radius 3 is 2.58 bits per heavy atom. The Morgan fingerprint density at radius 1 is 1.58 bits per heavy atom. The lowest BCUT2D eigenvalue weighted by molar-refractivity contribution is -0.160. The molecule has 0 saturated carbocycles. The second-order valence-corrected chi connectivity index (χ2v) is 1.75.